The average molecular weight is 271 g/mol. The number of thiophene rings is 1. The summed E-state index contributed by atoms with van der Waals surface area (Å²) < 4.78 is 1.46. The van der Waals surface area contributed by atoms with E-state index in [1.54, 1.807) is 0 Å². The van der Waals surface area contributed by atoms with Crippen LogP contribution in [0.1, 0.15) is 4.88 Å². The topological polar surface area (TPSA) is 43.1 Å². The van der Waals surface area contributed by atoms with Crippen molar-refractivity contribution >= 4 is 38.9 Å². The number of halogens is 2. The first-order chi connectivity index (χ1) is 5.59. The summed E-state index contributed by atoms with van der Waals surface area (Å²) in [7, 11) is 0. The van der Waals surface area contributed by atoms with Gasteiger partial charge in [0.2, 0.25) is 6.54 Å². The third kappa shape index (κ3) is 2.73. The summed E-state index contributed by atoms with van der Waals surface area (Å²) in [5.74, 6) is 0. The van der Waals surface area contributed by atoms with Gasteiger partial charge in [0.05, 0.1) is 0 Å². The highest BCUT2D eigenvalue weighted by molar-refractivity contribution is 9.10. The summed E-state index contributed by atoms with van der Waals surface area (Å²) in [6.45, 7) is -0.0384. The average Bonchev–Trinajstić information content (AvgIpc) is 2.28. The highest BCUT2D eigenvalue weighted by Gasteiger charge is 2.06. The van der Waals surface area contributed by atoms with Gasteiger partial charge in [-0.15, -0.1) is 11.3 Å². The monoisotopic (exact) mass is 269 g/mol. The summed E-state index contributed by atoms with van der Waals surface area (Å²) in [4.78, 5) is 10.6. The van der Waals surface area contributed by atoms with E-state index in [9.17, 15) is 10.1 Å². The molecule has 0 amide bonds. The van der Waals surface area contributed by atoms with E-state index in [1.807, 2.05) is 6.07 Å². The van der Waals surface area contributed by atoms with E-state index < -0.39 is 0 Å². The van der Waals surface area contributed by atoms with Crippen LogP contribution in [0.2, 0.25) is 4.34 Å². The van der Waals surface area contributed by atoms with E-state index in [1.165, 1.54) is 11.3 Å². The van der Waals surface area contributed by atoms with Crippen LogP contribution in [0.4, 0.5) is 0 Å². The van der Waals surface area contributed by atoms with Crippen LogP contribution < -0.4 is 0 Å². The molecule has 1 aromatic heterocycles. The second-order valence-electron chi connectivity index (χ2n) is 2.14. The molecule has 66 valence electrons. The molecule has 0 fully saturated rings. The Morgan fingerprint density at radius 1 is 1.75 bits per heavy atom. The molecule has 6 heteroatoms. The van der Waals surface area contributed by atoms with Crippen molar-refractivity contribution in [2.75, 3.05) is 6.54 Å². The van der Waals surface area contributed by atoms with E-state index >= 15 is 0 Å². The minimum absolute atomic E-state index is 0.0384. The van der Waals surface area contributed by atoms with Crippen molar-refractivity contribution < 1.29 is 4.92 Å². The lowest BCUT2D eigenvalue weighted by Gasteiger charge is -1.88. The van der Waals surface area contributed by atoms with Crippen LogP contribution in [-0.4, -0.2) is 11.5 Å². The van der Waals surface area contributed by atoms with Crippen LogP contribution in [0.5, 0.6) is 0 Å². The Kier molecular flexibility index (Phi) is 3.49. The molecule has 0 radical (unpaired) electrons. The van der Waals surface area contributed by atoms with Gasteiger partial charge in [-0.2, -0.15) is 0 Å². The number of hydrogen-bond acceptors (Lipinski definition) is 3. The Morgan fingerprint density at radius 2 is 2.42 bits per heavy atom. The Hall–Kier alpha value is -0.130. The van der Waals surface area contributed by atoms with Crippen LogP contribution >= 0.6 is 38.9 Å². The van der Waals surface area contributed by atoms with Crippen molar-refractivity contribution in [2.24, 2.45) is 0 Å². The predicted octanol–water partition coefficient (Wildman–Crippen LogP) is 2.98. The summed E-state index contributed by atoms with van der Waals surface area (Å²) in [5.41, 5.74) is 0. The van der Waals surface area contributed by atoms with Crippen LogP contribution in [-0.2, 0) is 6.42 Å². The third-order valence-electron chi connectivity index (χ3n) is 1.24. The van der Waals surface area contributed by atoms with Gasteiger partial charge in [-0.05, 0) is 22.0 Å². The Morgan fingerprint density at radius 3 is 2.83 bits per heavy atom. The van der Waals surface area contributed by atoms with E-state index in [0.29, 0.717) is 10.8 Å². The van der Waals surface area contributed by atoms with Gasteiger partial charge in [0.25, 0.3) is 0 Å². The van der Waals surface area contributed by atoms with E-state index in [2.05, 4.69) is 15.9 Å². The predicted molar refractivity (Wildman–Crippen MR) is 52.6 cm³/mol. The summed E-state index contributed by atoms with van der Waals surface area (Å²) in [6.07, 6.45) is 0.447. The van der Waals surface area contributed by atoms with Gasteiger partial charge < -0.3 is 0 Å². The van der Waals surface area contributed by atoms with E-state index in [-0.39, 0.29) is 11.5 Å². The van der Waals surface area contributed by atoms with Gasteiger partial charge in [0.15, 0.2) is 0 Å². The van der Waals surface area contributed by atoms with Gasteiger partial charge in [-0.3, -0.25) is 10.1 Å². The fourth-order valence-corrected chi connectivity index (χ4v) is 2.50. The molecule has 0 unspecified atom stereocenters. The molecule has 3 nitrogen and oxygen atoms in total. The van der Waals surface area contributed by atoms with Gasteiger partial charge in [-0.1, -0.05) is 11.6 Å². The zero-order valence-electron chi connectivity index (χ0n) is 5.92. The molecule has 0 atom stereocenters. The molecule has 0 N–H and O–H groups in total. The Labute approximate surface area is 86.6 Å². The fourth-order valence-electron chi connectivity index (χ4n) is 0.716. The lowest BCUT2D eigenvalue weighted by molar-refractivity contribution is -0.479. The molecule has 0 saturated carbocycles. The second-order valence-corrected chi connectivity index (χ2v) is 4.73. The lowest BCUT2D eigenvalue weighted by Crippen LogP contribution is -2.02. The SMILES string of the molecule is O=[N+]([O-])CCc1cc(Br)c(Cl)s1. The molecule has 0 saturated heterocycles. The van der Waals surface area contributed by atoms with Gasteiger partial charge >= 0.3 is 0 Å². The molecular formula is C6H5BrClNO2S. The third-order valence-corrected chi connectivity index (χ3v) is 3.77. The lowest BCUT2D eigenvalue weighted by atomic mass is 10.3. The zero-order valence-corrected chi connectivity index (χ0v) is 9.08. The van der Waals surface area contributed by atoms with Crippen LogP contribution in [0.3, 0.4) is 0 Å². The molecule has 0 bridgehead atoms. The van der Waals surface area contributed by atoms with Crippen molar-refractivity contribution in [3.63, 3.8) is 0 Å². The minimum Gasteiger partial charge on any atom is -0.265 e. The normalized spacial score (nSPS) is 10.2. The molecule has 12 heavy (non-hydrogen) atoms. The molecule has 1 heterocycles. The summed E-state index contributed by atoms with van der Waals surface area (Å²) in [6, 6.07) is 1.82. The van der Waals surface area contributed by atoms with Crippen molar-refractivity contribution in [1.29, 1.82) is 0 Å². The number of rotatable bonds is 3. The van der Waals surface area contributed by atoms with Crippen LogP contribution in [0.25, 0.3) is 0 Å². The largest absolute Gasteiger partial charge is 0.265 e. The smallest absolute Gasteiger partial charge is 0.208 e. The summed E-state index contributed by atoms with van der Waals surface area (Å²) >= 11 is 10.3. The number of hydrogen-bond donors (Lipinski definition) is 0. The maximum atomic E-state index is 10.0. The van der Waals surface area contributed by atoms with Crippen molar-refractivity contribution in [1.82, 2.24) is 0 Å². The Balaban J connectivity index is 2.58. The van der Waals surface area contributed by atoms with Gasteiger partial charge in [-0.25, -0.2) is 0 Å². The van der Waals surface area contributed by atoms with Crippen molar-refractivity contribution in [3.8, 4) is 0 Å². The molecule has 0 aromatic carbocycles. The fraction of sp³-hybridized carbons (Fsp3) is 0.333. The molecule has 0 aliphatic carbocycles. The highest BCUT2D eigenvalue weighted by atomic mass is 79.9. The van der Waals surface area contributed by atoms with Crippen LogP contribution in [0.15, 0.2) is 10.5 Å². The number of nitro groups is 1. The first-order valence-corrected chi connectivity index (χ1v) is 5.14. The molecule has 0 spiro atoms. The van der Waals surface area contributed by atoms with Gasteiger partial charge in [0.1, 0.15) is 4.34 Å². The minimum atomic E-state index is -0.332. The van der Waals surface area contributed by atoms with Crippen molar-refractivity contribution in [3.05, 3.63) is 29.9 Å². The molecule has 0 aliphatic heterocycles. The highest BCUT2D eigenvalue weighted by Crippen LogP contribution is 2.31. The Bertz CT molecular complexity index is 282. The van der Waals surface area contributed by atoms with E-state index in [0.717, 1.165) is 9.35 Å². The quantitative estimate of drug-likeness (QED) is 0.626. The first-order valence-electron chi connectivity index (χ1n) is 3.15. The van der Waals surface area contributed by atoms with E-state index in [4.69, 9.17) is 11.6 Å². The zero-order chi connectivity index (χ0) is 9.14. The molecular weight excluding hydrogens is 265 g/mol. The molecule has 1 aromatic rings. The maximum absolute atomic E-state index is 10.0. The standard InChI is InChI=1S/C6H5BrClNO2S/c7-5-3-4(12-6(5)8)1-2-9(10)11/h3H,1-2H2. The molecule has 0 aliphatic rings. The molecule has 1 rings (SSSR count). The summed E-state index contributed by atoms with van der Waals surface area (Å²) in [5, 5.41) is 10.0. The van der Waals surface area contributed by atoms with Gasteiger partial charge in [0, 0.05) is 20.7 Å². The second kappa shape index (κ2) is 4.20. The first kappa shape index (κ1) is 9.95. The van der Waals surface area contributed by atoms with Crippen molar-refractivity contribution in [2.45, 2.75) is 6.42 Å². The number of nitrogens with zero attached hydrogens (tertiary/aromatic N) is 1. The maximum Gasteiger partial charge on any atom is 0.208 e. The van der Waals surface area contributed by atoms with Crippen LogP contribution in [0, 0.1) is 10.1 Å².